The predicted octanol–water partition coefficient (Wildman–Crippen LogP) is -0.518. The van der Waals surface area contributed by atoms with E-state index in [9.17, 15) is 13.2 Å². The van der Waals surface area contributed by atoms with Crippen LogP contribution in [0.1, 0.15) is 5.69 Å². The van der Waals surface area contributed by atoms with Crippen molar-refractivity contribution in [2.75, 3.05) is 6.26 Å². The number of aromatic nitrogens is 2. The van der Waals surface area contributed by atoms with Crippen LogP contribution in [0.5, 0.6) is 0 Å². The molecule has 0 radical (unpaired) electrons. The van der Waals surface area contributed by atoms with Crippen molar-refractivity contribution in [2.24, 2.45) is 0 Å². The van der Waals surface area contributed by atoms with Gasteiger partial charge in [-0.15, -0.1) is 0 Å². The summed E-state index contributed by atoms with van der Waals surface area (Å²) in [5, 5.41) is 5.65. The van der Waals surface area contributed by atoms with Crippen molar-refractivity contribution in [3.05, 3.63) is 22.0 Å². The molecule has 0 atom stereocenters. The molecule has 1 aromatic rings. The SMILES string of the molecule is Cc1n[nH]c(S(C)(=O)=O)cc1=O. The molecular formula is C6H8N2O3S. The highest BCUT2D eigenvalue weighted by molar-refractivity contribution is 7.90. The number of rotatable bonds is 1. The molecule has 0 saturated heterocycles. The van der Waals surface area contributed by atoms with Crippen LogP contribution in [-0.4, -0.2) is 24.9 Å². The Labute approximate surface area is 69.4 Å². The Kier molecular flexibility index (Phi) is 2.01. The van der Waals surface area contributed by atoms with Crippen molar-refractivity contribution in [1.82, 2.24) is 10.2 Å². The van der Waals surface area contributed by atoms with Crippen LogP contribution in [0.2, 0.25) is 0 Å². The fourth-order valence-electron chi connectivity index (χ4n) is 0.640. The van der Waals surface area contributed by atoms with Crippen LogP contribution < -0.4 is 5.43 Å². The summed E-state index contributed by atoms with van der Waals surface area (Å²) >= 11 is 0. The fraction of sp³-hybridized carbons (Fsp3) is 0.333. The molecular weight excluding hydrogens is 180 g/mol. The van der Waals surface area contributed by atoms with Crippen molar-refractivity contribution in [3.8, 4) is 0 Å². The number of sulfone groups is 1. The number of hydrogen-bond acceptors (Lipinski definition) is 4. The second kappa shape index (κ2) is 2.71. The molecule has 0 bridgehead atoms. The minimum absolute atomic E-state index is 0.155. The van der Waals surface area contributed by atoms with Gasteiger partial charge in [-0.2, -0.15) is 5.10 Å². The molecule has 0 aliphatic carbocycles. The predicted molar refractivity (Wildman–Crippen MR) is 42.7 cm³/mol. The van der Waals surface area contributed by atoms with Gasteiger partial charge in [-0.1, -0.05) is 0 Å². The lowest BCUT2D eigenvalue weighted by Crippen LogP contribution is -2.13. The molecule has 1 heterocycles. The normalized spacial score (nSPS) is 11.5. The molecule has 1 N–H and O–H groups in total. The maximum atomic E-state index is 10.9. The van der Waals surface area contributed by atoms with E-state index in [1.807, 2.05) is 0 Å². The first-order chi connectivity index (χ1) is 5.41. The van der Waals surface area contributed by atoms with Gasteiger partial charge >= 0.3 is 0 Å². The first kappa shape index (κ1) is 8.92. The molecule has 0 unspecified atom stereocenters. The van der Waals surface area contributed by atoms with E-state index in [1.165, 1.54) is 6.92 Å². The summed E-state index contributed by atoms with van der Waals surface area (Å²) in [6.45, 7) is 1.50. The van der Waals surface area contributed by atoms with E-state index in [1.54, 1.807) is 0 Å². The number of nitrogens with one attached hydrogen (secondary N) is 1. The van der Waals surface area contributed by atoms with Crippen LogP contribution in [0.3, 0.4) is 0 Å². The lowest BCUT2D eigenvalue weighted by Gasteiger charge is -1.96. The van der Waals surface area contributed by atoms with Gasteiger partial charge in [0.2, 0.25) is 5.43 Å². The van der Waals surface area contributed by atoms with Gasteiger partial charge in [0, 0.05) is 12.3 Å². The average Bonchev–Trinajstić information content (AvgIpc) is 1.92. The van der Waals surface area contributed by atoms with E-state index in [0.717, 1.165) is 12.3 Å². The molecule has 0 amide bonds. The van der Waals surface area contributed by atoms with Crippen LogP contribution in [0, 0.1) is 6.92 Å². The highest BCUT2D eigenvalue weighted by Crippen LogP contribution is 1.98. The van der Waals surface area contributed by atoms with Gasteiger partial charge in [0.05, 0.1) is 0 Å². The van der Waals surface area contributed by atoms with Crippen molar-refractivity contribution in [1.29, 1.82) is 0 Å². The first-order valence-corrected chi connectivity index (χ1v) is 5.07. The lowest BCUT2D eigenvalue weighted by atomic mass is 10.4. The van der Waals surface area contributed by atoms with E-state index in [2.05, 4.69) is 10.2 Å². The van der Waals surface area contributed by atoms with Gasteiger partial charge < -0.3 is 0 Å². The van der Waals surface area contributed by atoms with Crippen LogP contribution in [0.25, 0.3) is 0 Å². The molecule has 1 aromatic heterocycles. The van der Waals surface area contributed by atoms with Crippen LogP contribution in [-0.2, 0) is 9.84 Å². The molecule has 0 aromatic carbocycles. The Bertz CT molecular complexity index is 446. The number of nitrogens with zero attached hydrogens (tertiary/aromatic N) is 1. The highest BCUT2D eigenvalue weighted by atomic mass is 32.2. The quantitative estimate of drug-likeness (QED) is 0.643. The molecule has 0 aliphatic rings. The Morgan fingerprint density at radius 2 is 2.08 bits per heavy atom. The van der Waals surface area contributed by atoms with E-state index in [0.29, 0.717) is 0 Å². The van der Waals surface area contributed by atoms with Gasteiger partial charge in [-0.25, -0.2) is 8.42 Å². The summed E-state index contributed by atoms with van der Waals surface area (Å²) in [6, 6.07) is 1.03. The van der Waals surface area contributed by atoms with Crippen molar-refractivity contribution < 1.29 is 8.42 Å². The minimum Gasteiger partial charge on any atom is -0.288 e. The summed E-state index contributed by atoms with van der Waals surface area (Å²) in [5.74, 6) is 0. The van der Waals surface area contributed by atoms with Crippen LogP contribution >= 0.6 is 0 Å². The van der Waals surface area contributed by atoms with Crippen LogP contribution in [0.4, 0.5) is 0 Å². The minimum atomic E-state index is -3.36. The van der Waals surface area contributed by atoms with E-state index >= 15 is 0 Å². The third kappa shape index (κ3) is 1.70. The summed E-state index contributed by atoms with van der Waals surface area (Å²) in [4.78, 5) is 10.9. The molecule has 0 saturated carbocycles. The van der Waals surface area contributed by atoms with Gasteiger partial charge in [0.15, 0.2) is 14.9 Å². The number of aryl methyl sites for hydroxylation is 1. The Morgan fingerprint density at radius 1 is 1.50 bits per heavy atom. The largest absolute Gasteiger partial charge is 0.288 e. The van der Waals surface area contributed by atoms with Gasteiger partial charge in [0.1, 0.15) is 5.69 Å². The van der Waals surface area contributed by atoms with Crippen molar-refractivity contribution in [3.63, 3.8) is 0 Å². The van der Waals surface area contributed by atoms with E-state index < -0.39 is 9.84 Å². The first-order valence-electron chi connectivity index (χ1n) is 3.17. The van der Waals surface area contributed by atoms with Crippen molar-refractivity contribution in [2.45, 2.75) is 11.9 Å². The number of H-pyrrole nitrogens is 1. The zero-order valence-corrected chi connectivity index (χ0v) is 7.47. The maximum Gasteiger partial charge on any atom is 0.204 e. The topological polar surface area (TPSA) is 79.9 Å². The zero-order valence-electron chi connectivity index (χ0n) is 6.66. The number of aromatic amines is 1. The summed E-state index contributed by atoms with van der Waals surface area (Å²) in [7, 11) is -3.36. The zero-order chi connectivity index (χ0) is 9.35. The average molecular weight is 188 g/mol. The van der Waals surface area contributed by atoms with E-state index in [4.69, 9.17) is 0 Å². The molecule has 6 heteroatoms. The maximum absolute atomic E-state index is 10.9. The highest BCUT2D eigenvalue weighted by Gasteiger charge is 2.08. The third-order valence-corrected chi connectivity index (χ3v) is 2.36. The molecule has 0 fully saturated rings. The molecule has 0 aliphatic heterocycles. The Hall–Kier alpha value is -1.17. The van der Waals surface area contributed by atoms with Gasteiger partial charge in [-0.05, 0) is 6.92 Å². The summed E-state index contributed by atoms with van der Waals surface area (Å²) in [5.41, 5.74) is -0.128. The fourth-order valence-corrected chi connectivity index (χ4v) is 1.17. The standard InChI is InChI=1S/C6H8N2O3S/c1-4-5(9)3-6(8-7-4)12(2,10)11/h3H,1-2H3,(H,8,9). The van der Waals surface area contributed by atoms with Gasteiger partial charge in [0.25, 0.3) is 0 Å². The molecule has 0 spiro atoms. The van der Waals surface area contributed by atoms with Crippen molar-refractivity contribution >= 4 is 9.84 Å². The summed E-state index contributed by atoms with van der Waals surface area (Å²) in [6.07, 6.45) is 1.01. The Morgan fingerprint density at radius 3 is 2.50 bits per heavy atom. The van der Waals surface area contributed by atoms with Crippen LogP contribution in [0.15, 0.2) is 15.9 Å². The molecule has 1 rings (SSSR count). The molecule has 12 heavy (non-hydrogen) atoms. The smallest absolute Gasteiger partial charge is 0.204 e. The lowest BCUT2D eigenvalue weighted by molar-refractivity contribution is 0.595. The Balaban J connectivity index is 3.43. The molecule has 66 valence electrons. The third-order valence-electron chi connectivity index (χ3n) is 1.35. The monoisotopic (exact) mass is 188 g/mol. The van der Waals surface area contributed by atoms with E-state index in [-0.39, 0.29) is 16.1 Å². The molecule has 5 nitrogen and oxygen atoms in total. The second-order valence-electron chi connectivity index (χ2n) is 2.45. The number of hydrogen-bond donors (Lipinski definition) is 1. The summed E-state index contributed by atoms with van der Waals surface area (Å²) < 4.78 is 21.8. The van der Waals surface area contributed by atoms with Gasteiger partial charge in [-0.3, -0.25) is 9.89 Å². The second-order valence-corrected chi connectivity index (χ2v) is 4.44.